The number of carbonyl (C=O) groups excluding carboxylic acids is 1. The fraction of sp³-hybridized carbons (Fsp3) is 0.278. The average molecular weight is 301 g/mol. The van der Waals surface area contributed by atoms with Crippen molar-refractivity contribution in [2.24, 2.45) is 0 Å². The first-order chi connectivity index (χ1) is 10.5. The van der Waals surface area contributed by atoms with Gasteiger partial charge in [0.2, 0.25) is 5.91 Å². The van der Waals surface area contributed by atoms with Crippen molar-refractivity contribution in [3.8, 4) is 0 Å². The van der Waals surface area contributed by atoms with Crippen LogP contribution in [0.5, 0.6) is 0 Å². The van der Waals surface area contributed by atoms with E-state index in [4.69, 9.17) is 0 Å². The highest BCUT2D eigenvalue weighted by Gasteiger charge is 2.18. The van der Waals surface area contributed by atoms with Crippen molar-refractivity contribution in [3.63, 3.8) is 0 Å². The van der Waals surface area contributed by atoms with E-state index in [1.54, 1.807) is 19.1 Å². The van der Waals surface area contributed by atoms with E-state index >= 15 is 0 Å². The highest BCUT2D eigenvalue weighted by atomic mass is 19.1. The van der Waals surface area contributed by atoms with E-state index in [-0.39, 0.29) is 23.9 Å². The number of aryl methyl sites for hydroxylation is 1. The van der Waals surface area contributed by atoms with Crippen molar-refractivity contribution in [2.75, 3.05) is 6.54 Å². The molecule has 0 saturated carbocycles. The minimum atomic E-state index is -1.06. The second-order valence-corrected chi connectivity index (χ2v) is 5.42. The first kappa shape index (κ1) is 16.2. The lowest BCUT2D eigenvalue weighted by atomic mass is 9.98. The lowest BCUT2D eigenvalue weighted by Crippen LogP contribution is -2.32. The summed E-state index contributed by atoms with van der Waals surface area (Å²) in [6.45, 7) is 3.76. The summed E-state index contributed by atoms with van der Waals surface area (Å²) in [4.78, 5) is 12.2. The number of benzene rings is 2. The van der Waals surface area contributed by atoms with Gasteiger partial charge in [0.05, 0.1) is 12.0 Å². The van der Waals surface area contributed by atoms with Gasteiger partial charge in [0.15, 0.2) is 0 Å². The normalized spacial score (nSPS) is 13.5. The van der Waals surface area contributed by atoms with Crippen LogP contribution >= 0.6 is 0 Å². The van der Waals surface area contributed by atoms with Crippen LogP contribution in [0.25, 0.3) is 0 Å². The Hall–Kier alpha value is -2.20. The molecule has 0 bridgehead atoms. The molecule has 0 aliphatic heterocycles. The number of aliphatic hydroxyl groups is 1. The number of hydrogen-bond acceptors (Lipinski definition) is 2. The quantitative estimate of drug-likeness (QED) is 0.891. The van der Waals surface area contributed by atoms with Crippen molar-refractivity contribution < 1.29 is 14.3 Å². The van der Waals surface area contributed by atoms with Gasteiger partial charge in [-0.2, -0.15) is 0 Å². The molecule has 2 atom stereocenters. The molecule has 0 fully saturated rings. The Morgan fingerprint density at radius 1 is 1.23 bits per heavy atom. The Morgan fingerprint density at radius 2 is 1.95 bits per heavy atom. The third kappa shape index (κ3) is 3.92. The summed E-state index contributed by atoms with van der Waals surface area (Å²) in [5.74, 6) is -0.996. The number of hydrogen-bond donors (Lipinski definition) is 2. The zero-order chi connectivity index (χ0) is 16.1. The fourth-order valence-electron chi connectivity index (χ4n) is 2.30. The fourth-order valence-corrected chi connectivity index (χ4v) is 2.30. The summed E-state index contributed by atoms with van der Waals surface area (Å²) in [5.41, 5.74) is 2.19. The lowest BCUT2D eigenvalue weighted by Gasteiger charge is -2.16. The van der Waals surface area contributed by atoms with Gasteiger partial charge < -0.3 is 10.4 Å². The van der Waals surface area contributed by atoms with E-state index < -0.39 is 11.9 Å². The van der Waals surface area contributed by atoms with Gasteiger partial charge in [-0.1, -0.05) is 48.0 Å². The standard InChI is InChI=1S/C18H20FNO2/c1-12-6-5-7-14(10-12)13(2)18(22)20-11-17(21)15-8-3-4-9-16(15)19/h3-10,13,17,21H,11H2,1-2H3,(H,20,22). The molecule has 2 rings (SSSR count). The van der Waals surface area contributed by atoms with Crippen LogP contribution in [0.1, 0.15) is 35.6 Å². The molecule has 22 heavy (non-hydrogen) atoms. The summed E-state index contributed by atoms with van der Waals surface area (Å²) in [5, 5.41) is 12.7. The van der Waals surface area contributed by atoms with Crippen LogP contribution < -0.4 is 5.32 Å². The third-order valence-electron chi connectivity index (χ3n) is 3.67. The Kier molecular flexibility index (Phi) is 5.28. The predicted molar refractivity (Wildman–Crippen MR) is 84.0 cm³/mol. The molecular weight excluding hydrogens is 281 g/mol. The first-order valence-corrected chi connectivity index (χ1v) is 7.26. The van der Waals surface area contributed by atoms with Gasteiger partial charge in [0.25, 0.3) is 0 Å². The first-order valence-electron chi connectivity index (χ1n) is 7.26. The zero-order valence-electron chi connectivity index (χ0n) is 12.7. The van der Waals surface area contributed by atoms with E-state index in [1.165, 1.54) is 12.1 Å². The van der Waals surface area contributed by atoms with E-state index in [0.29, 0.717) is 0 Å². The van der Waals surface area contributed by atoms with Gasteiger partial charge >= 0.3 is 0 Å². The minimum Gasteiger partial charge on any atom is -0.386 e. The minimum absolute atomic E-state index is 0.0179. The number of carbonyl (C=O) groups is 1. The SMILES string of the molecule is Cc1cccc(C(C)C(=O)NCC(O)c2ccccc2F)c1. The van der Waals surface area contributed by atoms with Gasteiger partial charge in [-0.3, -0.25) is 4.79 Å². The summed E-state index contributed by atoms with van der Waals surface area (Å²) < 4.78 is 13.6. The molecule has 2 unspecified atom stereocenters. The number of halogens is 1. The van der Waals surface area contributed by atoms with E-state index in [1.807, 2.05) is 31.2 Å². The molecule has 1 amide bonds. The van der Waals surface area contributed by atoms with Crippen molar-refractivity contribution >= 4 is 5.91 Å². The summed E-state index contributed by atoms with van der Waals surface area (Å²) in [7, 11) is 0. The summed E-state index contributed by atoms with van der Waals surface area (Å²) >= 11 is 0. The van der Waals surface area contributed by atoms with Crippen molar-refractivity contribution in [1.82, 2.24) is 5.32 Å². The highest BCUT2D eigenvalue weighted by Crippen LogP contribution is 2.18. The lowest BCUT2D eigenvalue weighted by molar-refractivity contribution is -0.122. The molecule has 0 saturated heterocycles. The van der Waals surface area contributed by atoms with Gasteiger partial charge in [0, 0.05) is 12.1 Å². The van der Waals surface area contributed by atoms with Gasteiger partial charge in [-0.25, -0.2) is 4.39 Å². The molecule has 0 aliphatic carbocycles. The molecule has 0 aliphatic rings. The van der Waals surface area contributed by atoms with E-state index in [0.717, 1.165) is 11.1 Å². The molecule has 0 radical (unpaired) electrons. The molecule has 2 N–H and O–H groups in total. The Bertz CT molecular complexity index is 657. The largest absolute Gasteiger partial charge is 0.386 e. The highest BCUT2D eigenvalue weighted by molar-refractivity contribution is 5.83. The van der Waals surface area contributed by atoms with Crippen molar-refractivity contribution in [1.29, 1.82) is 0 Å². The van der Waals surface area contributed by atoms with Gasteiger partial charge in [0.1, 0.15) is 5.82 Å². The second kappa shape index (κ2) is 7.18. The van der Waals surface area contributed by atoms with Crippen LogP contribution in [-0.2, 0) is 4.79 Å². The second-order valence-electron chi connectivity index (χ2n) is 5.42. The predicted octanol–water partition coefficient (Wildman–Crippen LogP) is 3.09. The van der Waals surface area contributed by atoms with E-state index in [9.17, 15) is 14.3 Å². The van der Waals surface area contributed by atoms with Crippen LogP contribution in [0.3, 0.4) is 0 Å². The average Bonchev–Trinajstić information content (AvgIpc) is 2.52. The maximum absolute atomic E-state index is 13.6. The number of rotatable bonds is 5. The number of aliphatic hydroxyl groups excluding tert-OH is 1. The maximum Gasteiger partial charge on any atom is 0.227 e. The van der Waals surface area contributed by atoms with Crippen LogP contribution in [-0.4, -0.2) is 17.6 Å². The molecule has 116 valence electrons. The third-order valence-corrected chi connectivity index (χ3v) is 3.67. The Morgan fingerprint density at radius 3 is 2.64 bits per heavy atom. The van der Waals surface area contributed by atoms with E-state index in [2.05, 4.69) is 5.32 Å². The van der Waals surface area contributed by atoms with Crippen LogP contribution in [0.4, 0.5) is 4.39 Å². The van der Waals surface area contributed by atoms with Crippen LogP contribution in [0.15, 0.2) is 48.5 Å². The van der Waals surface area contributed by atoms with Crippen molar-refractivity contribution in [3.05, 3.63) is 71.0 Å². The molecule has 0 heterocycles. The molecule has 4 heteroatoms. The summed E-state index contributed by atoms with van der Waals surface area (Å²) in [6, 6.07) is 13.7. The maximum atomic E-state index is 13.6. The molecular formula is C18H20FNO2. The molecule has 2 aromatic rings. The van der Waals surface area contributed by atoms with Gasteiger partial charge in [-0.05, 0) is 25.5 Å². The molecule has 3 nitrogen and oxygen atoms in total. The van der Waals surface area contributed by atoms with Crippen LogP contribution in [0.2, 0.25) is 0 Å². The Labute approximate surface area is 129 Å². The number of nitrogens with one attached hydrogen (secondary N) is 1. The van der Waals surface area contributed by atoms with Gasteiger partial charge in [-0.15, -0.1) is 0 Å². The zero-order valence-corrected chi connectivity index (χ0v) is 12.7. The van der Waals surface area contributed by atoms with Crippen LogP contribution in [0, 0.1) is 12.7 Å². The number of amides is 1. The topological polar surface area (TPSA) is 49.3 Å². The smallest absolute Gasteiger partial charge is 0.227 e. The summed E-state index contributed by atoms with van der Waals surface area (Å²) in [6.07, 6.45) is -1.06. The Balaban J connectivity index is 1.96. The monoisotopic (exact) mass is 301 g/mol. The molecule has 0 aromatic heterocycles. The molecule has 0 spiro atoms. The van der Waals surface area contributed by atoms with Crippen molar-refractivity contribution in [2.45, 2.75) is 25.9 Å². The molecule has 2 aromatic carbocycles.